The van der Waals surface area contributed by atoms with E-state index in [1.807, 2.05) is 31.2 Å². The number of hydrogen-bond acceptors (Lipinski definition) is 5. The van der Waals surface area contributed by atoms with E-state index in [1.54, 1.807) is 0 Å². The van der Waals surface area contributed by atoms with Gasteiger partial charge in [-0.05, 0) is 25.5 Å². The van der Waals surface area contributed by atoms with Crippen molar-refractivity contribution in [3.8, 4) is 5.75 Å². The SMILES string of the molecule is Cc1cc(COc2cc3[nH]c(CNC(=O)CC4CCO4)cc3cc2Cl)on1. The number of carbonyl (C=O) groups is 1. The Morgan fingerprint density at radius 3 is 2.96 bits per heavy atom. The molecular formula is C19H20ClN3O4. The lowest BCUT2D eigenvalue weighted by Crippen LogP contribution is -2.34. The molecule has 0 bridgehead atoms. The first-order valence-corrected chi connectivity index (χ1v) is 9.19. The molecule has 1 atom stereocenters. The molecule has 0 radical (unpaired) electrons. The molecule has 3 heterocycles. The summed E-state index contributed by atoms with van der Waals surface area (Å²) in [5, 5.41) is 8.20. The molecule has 2 N–H and O–H groups in total. The van der Waals surface area contributed by atoms with E-state index in [9.17, 15) is 4.79 Å². The molecule has 8 heteroatoms. The van der Waals surface area contributed by atoms with Crippen LogP contribution in [-0.4, -0.2) is 28.8 Å². The highest BCUT2D eigenvalue weighted by molar-refractivity contribution is 6.32. The molecule has 1 fully saturated rings. The van der Waals surface area contributed by atoms with Crippen molar-refractivity contribution in [2.24, 2.45) is 0 Å². The van der Waals surface area contributed by atoms with E-state index in [-0.39, 0.29) is 18.6 Å². The van der Waals surface area contributed by atoms with Crippen molar-refractivity contribution in [1.82, 2.24) is 15.5 Å². The van der Waals surface area contributed by atoms with Crippen LogP contribution < -0.4 is 10.1 Å². The smallest absolute Gasteiger partial charge is 0.222 e. The molecule has 142 valence electrons. The summed E-state index contributed by atoms with van der Waals surface area (Å²) in [4.78, 5) is 15.2. The van der Waals surface area contributed by atoms with Gasteiger partial charge >= 0.3 is 0 Å². The minimum atomic E-state index is -0.0113. The van der Waals surface area contributed by atoms with E-state index in [1.165, 1.54) is 0 Å². The van der Waals surface area contributed by atoms with Gasteiger partial charge in [0.25, 0.3) is 0 Å². The van der Waals surface area contributed by atoms with Crippen molar-refractivity contribution in [2.45, 2.75) is 39.0 Å². The topological polar surface area (TPSA) is 89.4 Å². The number of fused-ring (bicyclic) bond motifs is 1. The number of ether oxygens (including phenoxy) is 2. The van der Waals surface area contributed by atoms with Gasteiger partial charge < -0.3 is 24.3 Å². The number of nitrogens with one attached hydrogen (secondary N) is 2. The standard InChI is InChI=1S/C19H20ClN3O4/c1-11-4-15(27-23-11)10-26-18-8-17-12(6-16(18)20)5-13(22-17)9-21-19(24)7-14-2-3-25-14/h4-6,8,14,22H,2-3,7,9-10H2,1H3,(H,21,24). The Hall–Kier alpha value is -2.51. The highest BCUT2D eigenvalue weighted by Crippen LogP contribution is 2.31. The third-order valence-corrected chi connectivity index (χ3v) is 4.75. The number of aryl methyl sites for hydroxylation is 1. The molecule has 1 aromatic carbocycles. The molecule has 1 aliphatic heterocycles. The first-order chi connectivity index (χ1) is 13.1. The maximum absolute atomic E-state index is 11.9. The van der Waals surface area contributed by atoms with Gasteiger partial charge in [-0.3, -0.25) is 4.79 Å². The maximum atomic E-state index is 11.9. The largest absolute Gasteiger partial charge is 0.484 e. The fraction of sp³-hybridized carbons (Fsp3) is 0.368. The summed E-state index contributed by atoms with van der Waals surface area (Å²) in [5.74, 6) is 1.18. The lowest BCUT2D eigenvalue weighted by Gasteiger charge is -2.25. The fourth-order valence-corrected chi connectivity index (χ4v) is 3.18. The Bertz CT molecular complexity index is 961. The number of hydrogen-bond donors (Lipinski definition) is 2. The highest BCUT2D eigenvalue weighted by atomic mass is 35.5. The molecule has 1 unspecified atom stereocenters. The Morgan fingerprint density at radius 1 is 1.41 bits per heavy atom. The number of amides is 1. The predicted molar refractivity (Wildman–Crippen MR) is 99.7 cm³/mol. The molecule has 1 saturated heterocycles. The molecule has 0 spiro atoms. The minimum absolute atomic E-state index is 0.0113. The predicted octanol–water partition coefficient (Wildman–Crippen LogP) is 3.49. The third kappa shape index (κ3) is 4.26. The van der Waals surface area contributed by atoms with Gasteiger partial charge in [-0.1, -0.05) is 16.8 Å². The lowest BCUT2D eigenvalue weighted by molar-refractivity contribution is -0.129. The van der Waals surface area contributed by atoms with Gasteiger partial charge in [0.15, 0.2) is 5.76 Å². The number of H-pyrrole nitrogens is 1. The van der Waals surface area contributed by atoms with Gasteiger partial charge in [-0.25, -0.2) is 0 Å². The van der Waals surface area contributed by atoms with Crippen molar-refractivity contribution >= 4 is 28.4 Å². The summed E-state index contributed by atoms with van der Waals surface area (Å²) in [6.07, 6.45) is 1.43. The number of aromatic nitrogens is 2. The molecule has 1 amide bonds. The van der Waals surface area contributed by atoms with E-state index >= 15 is 0 Å². The number of carbonyl (C=O) groups excluding carboxylic acids is 1. The lowest BCUT2D eigenvalue weighted by atomic mass is 10.1. The molecule has 27 heavy (non-hydrogen) atoms. The average molecular weight is 390 g/mol. The van der Waals surface area contributed by atoms with Crippen LogP contribution in [0.15, 0.2) is 28.8 Å². The summed E-state index contributed by atoms with van der Waals surface area (Å²) in [6.45, 7) is 3.27. The van der Waals surface area contributed by atoms with Crippen LogP contribution in [0.1, 0.15) is 30.0 Å². The second-order valence-corrected chi connectivity index (χ2v) is 7.06. The molecule has 3 aromatic rings. The Morgan fingerprint density at radius 2 is 2.26 bits per heavy atom. The second-order valence-electron chi connectivity index (χ2n) is 6.65. The van der Waals surface area contributed by atoms with Gasteiger partial charge in [0.2, 0.25) is 5.91 Å². The van der Waals surface area contributed by atoms with Crippen LogP contribution in [0.3, 0.4) is 0 Å². The van der Waals surface area contributed by atoms with Crippen LogP contribution in [0.5, 0.6) is 5.75 Å². The van der Waals surface area contributed by atoms with E-state index in [2.05, 4.69) is 15.5 Å². The zero-order chi connectivity index (χ0) is 18.8. The average Bonchev–Trinajstić information content (AvgIpc) is 3.19. The second kappa shape index (κ2) is 7.62. The monoisotopic (exact) mass is 389 g/mol. The van der Waals surface area contributed by atoms with Crippen molar-refractivity contribution < 1.29 is 18.8 Å². The van der Waals surface area contributed by atoms with Gasteiger partial charge in [0, 0.05) is 35.3 Å². The third-order valence-electron chi connectivity index (χ3n) is 4.46. The summed E-state index contributed by atoms with van der Waals surface area (Å²) in [7, 11) is 0. The Balaban J connectivity index is 1.40. The fourth-order valence-electron chi connectivity index (χ4n) is 2.95. The zero-order valence-electron chi connectivity index (χ0n) is 14.9. The van der Waals surface area contributed by atoms with E-state index in [0.717, 1.165) is 35.3 Å². The zero-order valence-corrected chi connectivity index (χ0v) is 15.6. The van der Waals surface area contributed by atoms with Crippen LogP contribution in [0.2, 0.25) is 5.02 Å². The van der Waals surface area contributed by atoms with E-state index in [0.29, 0.717) is 29.5 Å². The van der Waals surface area contributed by atoms with Crippen molar-refractivity contribution in [3.05, 3.63) is 46.4 Å². The first kappa shape index (κ1) is 17.9. The molecule has 1 aliphatic rings. The van der Waals surface area contributed by atoms with Crippen LogP contribution in [0.4, 0.5) is 0 Å². The number of aromatic amines is 1. The van der Waals surface area contributed by atoms with Crippen molar-refractivity contribution in [1.29, 1.82) is 0 Å². The quantitative estimate of drug-likeness (QED) is 0.645. The van der Waals surface area contributed by atoms with E-state index in [4.69, 9.17) is 25.6 Å². The molecule has 4 rings (SSSR count). The highest BCUT2D eigenvalue weighted by Gasteiger charge is 2.21. The van der Waals surface area contributed by atoms with Crippen LogP contribution >= 0.6 is 11.6 Å². The van der Waals surface area contributed by atoms with Gasteiger partial charge in [-0.15, -0.1) is 0 Å². The van der Waals surface area contributed by atoms with Crippen molar-refractivity contribution in [3.63, 3.8) is 0 Å². The van der Waals surface area contributed by atoms with Crippen molar-refractivity contribution in [2.75, 3.05) is 6.61 Å². The summed E-state index contributed by atoms with van der Waals surface area (Å²) < 4.78 is 16.2. The number of rotatable bonds is 7. The molecule has 0 saturated carbocycles. The summed E-state index contributed by atoms with van der Waals surface area (Å²) in [5.41, 5.74) is 2.58. The number of benzene rings is 1. The van der Waals surface area contributed by atoms with Gasteiger partial charge in [0.1, 0.15) is 12.4 Å². The van der Waals surface area contributed by atoms with Crippen LogP contribution in [0, 0.1) is 6.92 Å². The maximum Gasteiger partial charge on any atom is 0.222 e. The van der Waals surface area contributed by atoms with E-state index < -0.39 is 0 Å². The first-order valence-electron chi connectivity index (χ1n) is 8.81. The molecule has 7 nitrogen and oxygen atoms in total. The Labute approximate surface area is 161 Å². The summed E-state index contributed by atoms with van der Waals surface area (Å²) >= 11 is 6.32. The van der Waals surface area contributed by atoms with Gasteiger partial charge in [-0.2, -0.15) is 0 Å². The Kier molecular flexibility index (Phi) is 5.05. The van der Waals surface area contributed by atoms with Crippen LogP contribution in [-0.2, 0) is 22.7 Å². The summed E-state index contributed by atoms with van der Waals surface area (Å²) in [6, 6.07) is 7.46. The molecular weight excluding hydrogens is 370 g/mol. The normalized spacial score (nSPS) is 16.3. The van der Waals surface area contributed by atoms with Gasteiger partial charge in [0.05, 0.1) is 29.8 Å². The van der Waals surface area contributed by atoms with Crippen LogP contribution in [0.25, 0.3) is 10.9 Å². The molecule has 0 aliphatic carbocycles. The minimum Gasteiger partial charge on any atom is -0.484 e. The number of halogens is 1. The number of nitrogens with zero attached hydrogens (tertiary/aromatic N) is 1. The molecule has 2 aromatic heterocycles.